The molecular weight excluding hydrogens is 400 g/mol. The van der Waals surface area contributed by atoms with E-state index < -0.39 is 0 Å². The van der Waals surface area contributed by atoms with Gasteiger partial charge in [0.1, 0.15) is 0 Å². The molecule has 7 heteroatoms. The summed E-state index contributed by atoms with van der Waals surface area (Å²) in [4.78, 5) is 29.3. The standard InChI is InChI=1S/C23H24N2O4S/c1-3-28-15-14-25-19-12-11-18(22(27)29-4-2)16-20(19)30-23(25)24-21(26)13-10-17-8-6-5-7-9-17/h5-13,16H,3-4,14-15H2,1-2H3/b13-10+,24-23?. The Morgan fingerprint density at radius 2 is 1.90 bits per heavy atom. The maximum atomic E-state index is 12.4. The highest BCUT2D eigenvalue weighted by atomic mass is 32.1. The Hall–Kier alpha value is -3.03. The van der Waals surface area contributed by atoms with E-state index in [1.54, 1.807) is 25.1 Å². The van der Waals surface area contributed by atoms with Crippen LogP contribution in [0, 0.1) is 0 Å². The molecule has 1 aromatic heterocycles. The Balaban J connectivity index is 1.96. The first-order valence-corrected chi connectivity index (χ1v) is 10.6. The number of amides is 1. The smallest absolute Gasteiger partial charge is 0.338 e. The van der Waals surface area contributed by atoms with Crippen LogP contribution >= 0.6 is 11.3 Å². The maximum Gasteiger partial charge on any atom is 0.338 e. The number of thiazole rings is 1. The summed E-state index contributed by atoms with van der Waals surface area (Å²) in [5.74, 6) is -0.713. The molecule has 2 aromatic carbocycles. The molecule has 0 saturated heterocycles. The van der Waals surface area contributed by atoms with Gasteiger partial charge in [-0.1, -0.05) is 41.7 Å². The molecule has 0 radical (unpaired) electrons. The van der Waals surface area contributed by atoms with E-state index in [9.17, 15) is 9.59 Å². The van der Waals surface area contributed by atoms with Gasteiger partial charge in [0.05, 0.1) is 29.0 Å². The van der Waals surface area contributed by atoms with E-state index in [1.807, 2.05) is 47.9 Å². The summed E-state index contributed by atoms with van der Waals surface area (Å²) >= 11 is 1.36. The number of rotatable bonds is 8. The lowest BCUT2D eigenvalue weighted by molar-refractivity contribution is -0.113. The van der Waals surface area contributed by atoms with Crippen LogP contribution in [0.3, 0.4) is 0 Å². The molecule has 0 N–H and O–H groups in total. The molecular formula is C23H24N2O4S. The second kappa shape index (κ2) is 10.7. The molecule has 3 rings (SSSR count). The minimum absolute atomic E-state index is 0.318. The third-order valence-corrected chi connectivity index (χ3v) is 5.32. The van der Waals surface area contributed by atoms with E-state index in [2.05, 4.69) is 4.99 Å². The molecule has 0 spiro atoms. The van der Waals surface area contributed by atoms with Crippen molar-refractivity contribution < 1.29 is 19.1 Å². The van der Waals surface area contributed by atoms with Gasteiger partial charge in [0.25, 0.3) is 5.91 Å². The van der Waals surface area contributed by atoms with Crippen molar-refractivity contribution in [3.8, 4) is 0 Å². The molecule has 0 aliphatic carbocycles. The van der Waals surface area contributed by atoms with E-state index in [0.717, 1.165) is 15.8 Å². The Kier molecular flexibility index (Phi) is 7.70. The van der Waals surface area contributed by atoms with Gasteiger partial charge in [0, 0.05) is 19.2 Å². The highest BCUT2D eigenvalue weighted by Gasteiger charge is 2.12. The summed E-state index contributed by atoms with van der Waals surface area (Å²) in [6.07, 6.45) is 3.19. The number of carbonyl (C=O) groups excluding carboxylic acids is 2. The number of carbonyl (C=O) groups is 2. The lowest BCUT2D eigenvalue weighted by Crippen LogP contribution is -2.19. The molecule has 0 fully saturated rings. The van der Waals surface area contributed by atoms with Gasteiger partial charge in [-0.3, -0.25) is 4.79 Å². The van der Waals surface area contributed by atoms with Gasteiger partial charge in [-0.05, 0) is 43.7 Å². The lowest BCUT2D eigenvalue weighted by atomic mass is 10.2. The highest BCUT2D eigenvalue weighted by molar-refractivity contribution is 7.16. The van der Waals surface area contributed by atoms with Crippen LogP contribution in [-0.2, 0) is 20.8 Å². The Morgan fingerprint density at radius 3 is 2.63 bits per heavy atom. The van der Waals surface area contributed by atoms with Crippen LogP contribution in [0.2, 0.25) is 0 Å². The highest BCUT2D eigenvalue weighted by Crippen LogP contribution is 2.20. The molecule has 30 heavy (non-hydrogen) atoms. The minimum Gasteiger partial charge on any atom is -0.462 e. The van der Waals surface area contributed by atoms with Crippen molar-refractivity contribution >= 4 is 39.5 Å². The summed E-state index contributed by atoms with van der Waals surface area (Å²) < 4.78 is 13.4. The van der Waals surface area contributed by atoms with Crippen LogP contribution in [0.4, 0.5) is 0 Å². The van der Waals surface area contributed by atoms with Gasteiger partial charge in [-0.15, -0.1) is 0 Å². The maximum absolute atomic E-state index is 12.4. The largest absolute Gasteiger partial charge is 0.462 e. The second-order valence-electron chi connectivity index (χ2n) is 6.33. The van der Waals surface area contributed by atoms with E-state index in [1.165, 1.54) is 17.4 Å². The molecule has 0 aliphatic rings. The number of hydrogen-bond acceptors (Lipinski definition) is 5. The fourth-order valence-corrected chi connectivity index (χ4v) is 3.98. The van der Waals surface area contributed by atoms with Gasteiger partial charge in [-0.25, -0.2) is 4.79 Å². The van der Waals surface area contributed by atoms with Crippen molar-refractivity contribution in [3.05, 3.63) is 70.5 Å². The molecule has 6 nitrogen and oxygen atoms in total. The van der Waals surface area contributed by atoms with Crippen molar-refractivity contribution in [1.82, 2.24) is 4.57 Å². The average Bonchev–Trinajstić information content (AvgIpc) is 3.09. The number of esters is 1. The predicted molar refractivity (Wildman–Crippen MR) is 118 cm³/mol. The van der Waals surface area contributed by atoms with Crippen molar-refractivity contribution in [1.29, 1.82) is 0 Å². The van der Waals surface area contributed by atoms with E-state index >= 15 is 0 Å². The van der Waals surface area contributed by atoms with Gasteiger partial charge in [0.15, 0.2) is 4.80 Å². The third kappa shape index (κ3) is 5.52. The number of hydrogen-bond donors (Lipinski definition) is 0. The monoisotopic (exact) mass is 424 g/mol. The average molecular weight is 425 g/mol. The van der Waals surface area contributed by atoms with Crippen LogP contribution in [-0.4, -0.2) is 36.3 Å². The molecule has 156 valence electrons. The number of nitrogens with zero attached hydrogens (tertiary/aromatic N) is 2. The Bertz CT molecular complexity index is 1110. The molecule has 0 unspecified atom stereocenters. The molecule has 1 amide bonds. The fourth-order valence-electron chi connectivity index (χ4n) is 2.88. The molecule has 0 saturated carbocycles. The van der Waals surface area contributed by atoms with Gasteiger partial charge < -0.3 is 14.0 Å². The SMILES string of the molecule is CCOCCn1c(=NC(=O)/C=C/c2ccccc2)sc2cc(C(=O)OCC)ccc21. The lowest BCUT2D eigenvalue weighted by Gasteiger charge is -2.06. The fraction of sp³-hybridized carbons (Fsp3) is 0.261. The van der Waals surface area contributed by atoms with Crippen LogP contribution < -0.4 is 4.80 Å². The van der Waals surface area contributed by atoms with Gasteiger partial charge >= 0.3 is 5.97 Å². The van der Waals surface area contributed by atoms with Crippen LogP contribution in [0.15, 0.2) is 59.6 Å². The zero-order valence-corrected chi connectivity index (χ0v) is 17.9. The molecule has 0 bridgehead atoms. The quantitative estimate of drug-likeness (QED) is 0.311. The summed E-state index contributed by atoms with van der Waals surface area (Å²) in [7, 11) is 0. The predicted octanol–water partition coefficient (Wildman–Crippen LogP) is 4.06. The first kappa shape index (κ1) is 21.7. The van der Waals surface area contributed by atoms with Crippen LogP contribution in [0.1, 0.15) is 29.8 Å². The van der Waals surface area contributed by atoms with Crippen molar-refractivity contribution in [2.45, 2.75) is 20.4 Å². The molecule has 3 aromatic rings. The zero-order valence-electron chi connectivity index (χ0n) is 17.0. The van der Waals surface area contributed by atoms with Crippen LogP contribution in [0.25, 0.3) is 16.3 Å². The van der Waals surface area contributed by atoms with Crippen molar-refractivity contribution in [2.75, 3.05) is 19.8 Å². The van der Waals surface area contributed by atoms with E-state index in [-0.39, 0.29) is 11.9 Å². The molecule has 0 atom stereocenters. The first-order valence-electron chi connectivity index (χ1n) is 9.82. The number of benzene rings is 2. The number of fused-ring (bicyclic) bond motifs is 1. The van der Waals surface area contributed by atoms with Crippen LogP contribution in [0.5, 0.6) is 0 Å². The summed E-state index contributed by atoms with van der Waals surface area (Å²) in [5, 5.41) is 0. The summed E-state index contributed by atoms with van der Waals surface area (Å²) in [6.45, 7) is 5.70. The summed E-state index contributed by atoms with van der Waals surface area (Å²) in [5.41, 5.74) is 2.30. The van der Waals surface area contributed by atoms with Crippen molar-refractivity contribution in [3.63, 3.8) is 0 Å². The normalized spacial score (nSPS) is 12.0. The topological polar surface area (TPSA) is 69.9 Å². The second-order valence-corrected chi connectivity index (χ2v) is 7.34. The first-order chi connectivity index (χ1) is 14.6. The van der Waals surface area contributed by atoms with Gasteiger partial charge in [0.2, 0.25) is 0 Å². The Labute approximate surface area is 179 Å². The van der Waals surface area contributed by atoms with E-state index in [4.69, 9.17) is 9.47 Å². The number of aromatic nitrogens is 1. The minimum atomic E-state index is -0.367. The third-order valence-electron chi connectivity index (χ3n) is 4.28. The molecule has 0 aliphatic heterocycles. The van der Waals surface area contributed by atoms with Crippen molar-refractivity contribution in [2.24, 2.45) is 4.99 Å². The van der Waals surface area contributed by atoms with E-state index in [0.29, 0.717) is 36.7 Å². The Morgan fingerprint density at radius 1 is 1.10 bits per heavy atom. The van der Waals surface area contributed by atoms with Gasteiger partial charge in [-0.2, -0.15) is 4.99 Å². The number of ether oxygens (including phenoxy) is 2. The zero-order chi connectivity index (χ0) is 21.3. The summed E-state index contributed by atoms with van der Waals surface area (Å²) in [6, 6.07) is 14.9. The molecule has 1 heterocycles.